The van der Waals surface area contributed by atoms with Crippen LogP contribution in [-0.4, -0.2) is 23.1 Å². The summed E-state index contributed by atoms with van der Waals surface area (Å²) in [5.74, 6) is -1.94. The zero-order valence-electron chi connectivity index (χ0n) is 18.9. The van der Waals surface area contributed by atoms with Gasteiger partial charge in [0, 0.05) is 0 Å². The molecule has 0 aliphatic rings. The second-order valence-electron chi connectivity index (χ2n) is 8.90. The molecule has 29 heavy (non-hydrogen) atoms. The average molecular weight is 409 g/mol. The molecule has 0 saturated heterocycles. The van der Waals surface area contributed by atoms with Gasteiger partial charge in [-0.05, 0) is 71.6 Å². The summed E-state index contributed by atoms with van der Waals surface area (Å²) in [7, 11) is 0. The Labute approximate surface area is 175 Å². The number of carbonyl (C=O) groups excluding carboxylic acids is 2. The van der Waals surface area contributed by atoms with E-state index in [2.05, 4.69) is 13.8 Å². The van der Waals surface area contributed by atoms with Crippen molar-refractivity contribution >= 4 is 11.9 Å². The Morgan fingerprint density at radius 1 is 0.793 bits per heavy atom. The van der Waals surface area contributed by atoms with Gasteiger partial charge in [-0.3, -0.25) is 0 Å². The minimum absolute atomic E-state index is 0.0318. The highest BCUT2D eigenvalue weighted by Crippen LogP contribution is 2.25. The van der Waals surface area contributed by atoms with Crippen molar-refractivity contribution < 1.29 is 23.5 Å². The molecular formula is C24H37FO4. The van der Waals surface area contributed by atoms with E-state index in [0.717, 1.165) is 57.1 Å². The smallest absolute Gasteiger partial charge is 0.339 e. The molecule has 0 aliphatic carbocycles. The third-order valence-electron chi connectivity index (χ3n) is 4.92. The summed E-state index contributed by atoms with van der Waals surface area (Å²) in [6, 6.07) is 3.50. The van der Waals surface area contributed by atoms with E-state index in [1.165, 1.54) is 6.07 Å². The highest BCUT2D eigenvalue weighted by Gasteiger charge is 2.29. The lowest BCUT2D eigenvalue weighted by atomic mass is 9.99. The molecule has 0 spiro atoms. The van der Waals surface area contributed by atoms with Crippen molar-refractivity contribution in [3.63, 3.8) is 0 Å². The predicted octanol–water partition coefficient (Wildman–Crippen LogP) is 6.86. The van der Waals surface area contributed by atoms with Gasteiger partial charge in [-0.25, -0.2) is 14.0 Å². The van der Waals surface area contributed by atoms with Gasteiger partial charge in [0.2, 0.25) is 0 Å². The Hall–Kier alpha value is -1.91. The second kappa shape index (κ2) is 11.3. The number of hydrogen-bond acceptors (Lipinski definition) is 4. The Morgan fingerprint density at radius 2 is 1.24 bits per heavy atom. The summed E-state index contributed by atoms with van der Waals surface area (Å²) < 4.78 is 25.1. The zero-order chi connectivity index (χ0) is 22.1. The maximum atomic E-state index is 13.8. The molecule has 4 nitrogen and oxygen atoms in total. The van der Waals surface area contributed by atoms with Gasteiger partial charge in [0.05, 0.1) is 11.1 Å². The average Bonchev–Trinajstić information content (AvgIpc) is 2.60. The lowest BCUT2D eigenvalue weighted by Crippen LogP contribution is -2.31. The van der Waals surface area contributed by atoms with Crippen LogP contribution in [0.15, 0.2) is 18.2 Å². The molecule has 0 N–H and O–H groups in total. The van der Waals surface area contributed by atoms with Gasteiger partial charge in [-0.1, -0.05) is 39.5 Å². The van der Waals surface area contributed by atoms with Crippen LogP contribution in [0.3, 0.4) is 0 Å². The first-order chi connectivity index (χ1) is 13.5. The van der Waals surface area contributed by atoms with E-state index < -0.39 is 29.0 Å². The van der Waals surface area contributed by atoms with Gasteiger partial charge in [0.25, 0.3) is 0 Å². The second-order valence-corrected chi connectivity index (χ2v) is 8.90. The number of carbonyl (C=O) groups is 2. The highest BCUT2D eigenvalue weighted by molar-refractivity contribution is 6.03. The number of halogens is 1. The molecule has 0 atom stereocenters. The fourth-order valence-corrected chi connectivity index (χ4v) is 3.18. The van der Waals surface area contributed by atoms with Crippen LogP contribution in [-0.2, 0) is 9.47 Å². The molecule has 164 valence electrons. The quantitative estimate of drug-likeness (QED) is 0.280. The van der Waals surface area contributed by atoms with Gasteiger partial charge in [-0.2, -0.15) is 0 Å². The van der Waals surface area contributed by atoms with Gasteiger partial charge in [-0.15, -0.1) is 0 Å². The minimum Gasteiger partial charge on any atom is -0.456 e. The molecule has 5 heteroatoms. The van der Waals surface area contributed by atoms with Crippen LogP contribution in [0, 0.1) is 5.82 Å². The molecule has 0 fully saturated rings. The van der Waals surface area contributed by atoms with Crippen LogP contribution in [0.4, 0.5) is 4.39 Å². The molecule has 1 aromatic rings. The molecule has 0 heterocycles. The summed E-state index contributed by atoms with van der Waals surface area (Å²) in [6.45, 7) is 11.6. The Bertz CT molecular complexity index is 679. The minimum atomic E-state index is -0.707. The van der Waals surface area contributed by atoms with Crippen molar-refractivity contribution in [1.82, 2.24) is 0 Å². The lowest BCUT2D eigenvalue weighted by Gasteiger charge is -2.27. The molecule has 1 aromatic carbocycles. The molecule has 0 unspecified atom stereocenters. The molecule has 0 saturated carbocycles. The first-order valence-electron chi connectivity index (χ1n) is 10.8. The van der Waals surface area contributed by atoms with E-state index in [1.807, 2.05) is 27.7 Å². The number of unbranched alkanes of at least 4 members (excludes halogenated alkanes) is 4. The van der Waals surface area contributed by atoms with Crippen LogP contribution < -0.4 is 0 Å². The molecule has 0 radical (unpaired) electrons. The Balaban J connectivity index is 2.96. The van der Waals surface area contributed by atoms with Gasteiger partial charge in [0.15, 0.2) is 0 Å². The number of rotatable bonds is 12. The van der Waals surface area contributed by atoms with Crippen molar-refractivity contribution in [3.8, 4) is 0 Å². The standard InChI is InChI=1S/C24H37FO4/c1-7-9-11-15-23(3,4)28-21(26)19-14-13-18(25)17-20(19)22(27)29-24(5,6)16-12-10-8-2/h13-14,17H,7-12,15-16H2,1-6H3. The van der Waals surface area contributed by atoms with Gasteiger partial charge in [0.1, 0.15) is 17.0 Å². The molecular weight excluding hydrogens is 371 g/mol. The van der Waals surface area contributed by atoms with Crippen LogP contribution in [0.1, 0.15) is 114 Å². The van der Waals surface area contributed by atoms with E-state index in [1.54, 1.807) is 0 Å². The van der Waals surface area contributed by atoms with Crippen molar-refractivity contribution in [2.75, 3.05) is 0 Å². The Kier molecular flexibility index (Phi) is 9.81. The molecule has 1 rings (SSSR count). The van der Waals surface area contributed by atoms with Crippen molar-refractivity contribution in [3.05, 3.63) is 35.1 Å². The fraction of sp³-hybridized carbons (Fsp3) is 0.667. The molecule has 0 bridgehead atoms. The summed E-state index contributed by atoms with van der Waals surface area (Å²) in [5.41, 5.74) is -1.42. The predicted molar refractivity (Wildman–Crippen MR) is 114 cm³/mol. The third-order valence-corrected chi connectivity index (χ3v) is 4.92. The fourth-order valence-electron chi connectivity index (χ4n) is 3.18. The van der Waals surface area contributed by atoms with Gasteiger partial charge >= 0.3 is 11.9 Å². The monoisotopic (exact) mass is 408 g/mol. The van der Waals surface area contributed by atoms with Crippen molar-refractivity contribution in [2.24, 2.45) is 0 Å². The summed E-state index contributed by atoms with van der Waals surface area (Å²) in [6.07, 6.45) is 7.55. The normalized spacial score (nSPS) is 12.0. The number of benzene rings is 1. The summed E-state index contributed by atoms with van der Waals surface area (Å²) in [4.78, 5) is 25.5. The third kappa shape index (κ3) is 8.97. The molecule has 0 aromatic heterocycles. The number of hydrogen-bond donors (Lipinski definition) is 0. The van der Waals surface area contributed by atoms with Crippen molar-refractivity contribution in [1.29, 1.82) is 0 Å². The maximum absolute atomic E-state index is 13.8. The molecule has 0 aliphatic heterocycles. The topological polar surface area (TPSA) is 52.6 Å². The zero-order valence-corrected chi connectivity index (χ0v) is 18.9. The summed E-state index contributed by atoms with van der Waals surface area (Å²) >= 11 is 0. The van der Waals surface area contributed by atoms with E-state index >= 15 is 0 Å². The first-order valence-corrected chi connectivity index (χ1v) is 10.8. The van der Waals surface area contributed by atoms with Crippen LogP contribution in [0.25, 0.3) is 0 Å². The highest BCUT2D eigenvalue weighted by atomic mass is 19.1. The number of esters is 2. The van der Waals surface area contributed by atoms with E-state index in [4.69, 9.17) is 9.47 Å². The number of ether oxygens (including phenoxy) is 2. The van der Waals surface area contributed by atoms with E-state index in [-0.39, 0.29) is 11.1 Å². The van der Waals surface area contributed by atoms with Crippen LogP contribution in [0.5, 0.6) is 0 Å². The lowest BCUT2D eigenvalue weighted by molar-refractivity contribution is -0.0103. The van der Waals surface area contributed by atoms with Gasteiger partial charge < -0.3 is 9.47 Å². The van der Waals surface area contributed by atoms with E-state index in [9.17, 15) is 14.0 Å². The van der Waals surface area contributed by atoms with Crippen molar-refractivity contribution in [2.45, 2.75) is 104 Å². The van der Waals surface area contributed by atoms with Crippen LogP contribution >= 0.6 is 0 Å². The Morgan fingerprint density at radius 3 is 1.69 bits per heavy atom. The molecule has 0 amide bonds. The van der Waals surface area contributed by atoms with Crippen LogP contribution in [0.2, 0.25) is 0 Å². The largest absolute Gasteiger partial charge is 0.456 e. The summed E-state index contributed by atoms with van der Waals surface area (Å²) in [5, 5.41) is 0. The maximum Gasteiger partial charge on any atom is 0.339 e. The first kappa shape index (κ1) is 25.1. The van der Waals surface area contributed by atoms with E-state index in [0.29, 0.717) is 6.42 Å². The SMILES string of the molecule is CCCCCC(C)(C)OC(=O)c1ccc(F)cc1C(=O)OC(C)(C)CCCCC.